The van der Waals surface area contributed by atoms with Gasteiger partial charge in [0.15, 0.2) is 0 Å². The first-order valence-corrected chi connectivity index (χ1v) is 6.44. The molecule has 1 aliphatic rings. The largest absolute Gasteiger partial charge is 0.378 e. The summed E-state index contributed by atoms with van der Waals surface area (Å²) in [5.41, 5.74) is 8.52. The first-order valence-electron chi connectivity index (χ1n) is 6.44. The predicted octanol–water partition coefficient (Wildman–Crippen LogP) is 1.85. The fraction of sp³-hybridized carbons (Fsp3) is 0.571. The number of nitrogens with zero attached hydrogens (tertiary/aromatic N) is 2. The molecule has 1 atom stereocenters. The molecule has 1 aromatic carbocycles. The molecule has 2 N–H and O–H groups in total. The fourth-order valence-corrected chi connectivity index (χ4v) is 2.54. The van der Waals surface area contributed by atoms with E-state index in [4.69, 9.17) is 5.73 Å². The number of likely N-dealkylation sites (tertiary alicyclic amines) is 1. The normalized spacial score (nSPS) is 18.3. The Kier molecular flexibility index (Phi) is 4.02. The van der Waals surface area contributed by atoms with Crippen LogP contribution in [-0.4, -0.2) is 38.6 Å². The summed E-state index contributed by atoms with van der Waals surface area (Å²) in [5.74, 6) is 0. The van der Waals surface area contributed by atoms with Crippen LogP contribution in [0.1, 0.15) is 24.4 Å². The second-order valence-electron chi connectivity index (χ2n) is 4.98. The van der Waals surface area contributed by atoms with Crippen LogP contribution in [0, 0.1) is 0 Å². The van der Waals surface area contributed by atoms with Crippen molar-refractivity contribution in [1.29, 1.82) is 0 Å². The van der Waals surface area contributed by atoms with Gasteiger partial charge in [-0.25, -0.2) is 0 Å². The Hall–Kier alpha value is -1.06. The van der Waals surface area contributed by atoms with Crippen molar-refractivity contribution in [2.75, 3.05) is 38.6 Å². The third-order valence-electron chi connectivity index (χ3n) is 3.60. The van der Waals surface area contributed by atoms with Crippen molar-refractivity contribution in [3.8, 4) is 0 Å². The summed E-state index contributed by atoms with van der Waals surface area (Å²) < 4.78 is 0. The molecule has 1 unspecified atom stereocenters. The number of nitrogens with two attached hydrogens (primary N) is 1. The van der Waals surface area contributed by atoms with E-state index >= 15 is 0 Å². The van der Waals surface area contributed by atoms with Crippen LogP contribution in [0.2, 0.25) is 0 Å². The lowest BCUT2D eigenvalue weighted by Crippen LogP contribution is -2.31. The van der Waals surface area contributed by atoms with Crippen molar-refractivity contribution in [2.24, 2.45) is 5.73 Å². The Labute approximate surface area is 104 Å². The molecular weight excluding hydrogens is 210 g/mol. The highest BCUT2D eigenvalue weighted by atomic mass is 15.2. The third-order valence-corrected chi connectivity index (χ3v) is 3.60. The Morgan fingerprint density at radius 2 is 1.76 bits per heavy atom. The minimum absolute atomic E-state index is 0.397. The summed E-state index contributed by atoms with van der Waals surface area (Å²) in [6.07, 6.45) is 2.62. The Bertz CT molecular complexity index is 339. The summed E-state index contributed by atoms with van der Waals surface area (Å²) in [5, 5.41) is 0. The Balaban J connectivity index is 2.13. The molecule has 0 amide bonds. The van der Waals surface area contributed by atoms with Gasteiger partial charge in [-0.05, 0) is 43.6 Å². The first kappa shape index (κ1) is 12.4. The highest BCUT2D eigenvalue weighted by molar-refractivity contribution is 5.46. The van der Waals surface area contributed by atoms with Crippen LogP contribution in [0.25, 0.3) is 0 Å². The van der Waals surface area contributed by atoms with Crippen molar-refractivity contribution in [3.05, 3.63) is 29.8 Å². The van der Waals surface area contributed by atoms with Crippen molar-refractivity contribution >= 4 is 5.69 Å². The van der Waals surface area contributed by atoms with E-state index < -0.39 is 0 Å². The molecule has 1 aliphatic heterocycles. The molecule has 0 aliphatic carbocycles. The maximum absolute atomic E-state index is 5.93. The average Bonchev–Trinajstić information content (AvgIpc) is 2.84. The van der Waals surface area contributed by atoms with Gasteiger partial charge >= 0.3 is 0 Å². The molecule has 3 heteroatoms. The SMILES string of the molecule is CN(C)c1ccc(C(CN)N2CCCC2)cc1. The highest BCUT2D eigenvalue weighted by Crippen LogP contribution is 2.25. The molecule has 2 rings (SSSR count). The second kappa shape index (κ2) is 5.52. The molecular formula is C14H23N3. The average molecular weight is 233 g/mol. The molecule has 1 saturated heterocycles. The van der Waals surface area contributed by atoms with Crippen LogP contribution in [-0.2, 0) is 0 Å². The van der Waals surface area contributed by atoms with Gasteiger partial charge in [-0.15, -0.1) is 0 Å². The summed E-state index contributed by atoms with van der Waals surface area (Å²) in [4.78, 5) is 4.63. The molecule has 0 radical (unpaired) electrons. The van der Waals surface area contributed by atoms with E-state index in [0.717, 1.165) is 0 Å². The fourth-order valence-electron chi connectivity index (χ4n) is 2.54. The zero-order valence-electron chi connectivity index (χ0n) is 10.9. The molecule has 94 valence electrons. The van der Waals surface area contributed by atoms with Crippen molar-refractivity contribution in [2.45, 2.75) is 18.9 Å². The second-order valence-corrected chi connectivity index (χ2v) is 4.98. The zero-order valence-corrected chi connectivity index (χ0v) is 10.9. The first-order chi connectivity index (χ1) is 8.22. The number of hydrogen-bond donors (Lipinski definition) is 1. The van der Waals surface area contributed by atoms with E-state index in [2.05, 4.69) is 48.2 Å². The van der Waals surface area contributed by atoms with E-state index in [9.17, 15) is 0 Å². The Morgan fingerprint density at radius 3 is 2.24 bits per heavy atom. The highest BCUT2D eigenvalue weighted by Gasteiger charge is 2.21. The van der Waals surface area contributed by atoms with Gasteiger partial charge in [0.2, 0.25) is 0 Å². The minimum Gasteiger partial charge on any atom is -0.378 e. The maximum atomic E-state index is 5.93. The van der Waals surface area contributed by atoms with Crippen LogP contribution in [0.4, 0.5) is 5.69 Å². The molecule has 17 heavy (non-hydrogen) atoms. The number of hydrogen-bond acceptors (Lipinski definition) is 3. The summed E-state index contributed by atoms with van der Waals surface area (Å²) in [6, 6.07) is 9.17. The van der Waals surface area contributed by atoms with E-state index in [1.807, 2.05) is 0 Å². The van der Waals surface area contributed by atoms with E-state index in [1.165, 1.54) is 37.2 Å². The maximum Gasteiger partial charge on any atom is 0.0470 e. The van der Waals surface area contributed by atoms with Crippen molar-refractivity contribution < 1.29 is 0 Å². The van der Waals surface area contributed by atoms with Crippen LogP contribution < -0.4 is 10.6 Å². The van der Waals surface area contributed by atoms with E-state index in [0.29, 0.717) is 12.6 Å². The van der Waals surface area contributed by atoms with Crippen molar-refractivity contribution in [1.82, 2.24) is 4.90 Å². The third kappa shape index (κ3) is 2.79. The van der Waals surface area contributed by atoms with E-state index in [-0.39, 0.29) is 0 Å². The molecule has 0 bridgehead atoms. The number of rotatable bonds is 4. The molecule has 1 aromatic rings. The molecule has 0 saturated carbocycles. The van der Waals surface area contributed by atoms with Crippen LogP contribution in [0.5, 0.6) is 0 Å². The lowest BCUT2D eigenvalue weighted by atomic mass is 10.1. The predicted molar refractivity (Wildman–Crippen MR) is 73.4 cm³/mol. The monoisotopic (exact) mass is 233 g/mol. The van der Waals surface area contributed by atoms with Gasteiger partial charge in [0.05, 0.1) is 0 Å². The van der Waals surface area contributed by atoms with Crippen molar-refractivity contribution in [3.63, 3.8) is 0 Å². The topological polar surface area (TPSA) is 32.5 Å². The summed E-state index contributed by atoms with van der Waals surface area (Å²) in [7, 11) is 4.13. The van der Waals surface area contributed by atoms with Gasteiger partial charge < -0.3 is 10.6 Å². The summed E-state index contributed by atoms with van der Waals surface area (Å²) in [6.45, 7) is 3.09. The minimum atomic E-state index is 0.397. The standard InChI is InChI=1S/C14H23N3/c1-16(2)13-7-5-12(6-8-13)14(11-15)17-9-3-4-10-17/h5-8,14H,3-4,9-11,15H2,1-2H3. The van der Waals surface area contributed by atoms with Gasteiger partial charge in [0.1, 0.15) is 0 Å². The smallest absolute Gasteiger partial charge is 0.0470 e. The summed E-state index contributed by atoms with van der Waals surface area (Å²) >= 11 is 0. The van der Waals surface area contributed by atoms with Gasteiger partial charge in [0.25, 0.3) is 0 Å². The van der Waals surface area contributed by atoms with Crippen LogP contribution >= 0.6 is 0 Å². The number of anilines is 1. The van der Waals surface area contributed by atoms with E-state index in [1.54, 1.807) is 0 Å². The van der Waals surface area contributed by atoms with Gasteiger partial charge in [0, 0.05) is 32.4 Å². The quantitative estimate of drug-likeness (QED) is 0.861. The van der Waals surface area contributed by atoms with Gasteiger partial charge in [-0.2, -0.15) is 0 Å². The molecule has 1 fully saturated rings. The molecule has 0 aromatic heterocycles. The Morgan fingerprint density at radius 1 is 1.18 bits per heavy atom. The lowest BCUT2D eigenvalue weighted by Gasteiger charge is -2.27. The van der Waals surface area contributed by atoms with Gasteiger partial charge in [-0.3, -0.25) is 4.90 Å². The molecule has 1 heterocycles. The van der Waals surface area contributed by atoms with Gasteiger partial charge in [-0.1, -0.05) is 12.1 Å². The molecule has 0 spiro atoms. The van der Waals surface area contributed by atoms with Crippen LogP contribution in [0.15, 0.2) is 24.3 Å². The lowest BCUT2D eigenvalue weighted by molar-refractivity contribution is 0.251. The zero-order chi connectivity index (χ0) is 12.3. The molecule has 3 nitrogen and oxygen atoms in total. The number of benzene rings is 1. The van der Waals surface area contributed by atoms with Crippen LogP contribution in [0.3, 0.4) is 0 Å².